The summed E-state index contributed by atoms with van der Waals surface area (Å²) in [5.41, 5.74) is 0.380. The van der Waals surface area contributed by atoms with E-state index >= 15 is 0 Å². The van der Waals surface area contributed by atoms with Crippen LogP contribution in [-0.2, 0) is 6.54 Å². The third kappa shape index (κ3) is 4.31. The van der Waals surface area contributed by atoms with E-state index < -0.39 is 0 Å². The first-order chi connectivity index (χ1) is 8.70. The number of likely N-dealkylation sites (N-methyl/N-ethyl adjacent to an activating group) is 1. The van der Waals surface area contributed by atoms with Gasteiger partial charge >= 0.3 is 0 Å². The zero-order valence-electron chi connectivity index (χ0n) is 11.0. The van der Waals surface area contributed by atoms with Crippen LogP contribution in [0, 0.1) is 0 Å². The van der Waals surface area contributed by atoms with Gasteiger partial charge in [-0.05, 0) is 13.0 Å². The third-order valence-corrected chi connectivity index (χ3v) is 2.94. The van der Waals surface area contributed by atoms with E-state index in [4.69, 9.17) is 11.6 Å². The number of halogens is 1. The van der Waals surface area contributed by atoms with Crippen LogP contribution in [0.5, 0.6) is 0 Å². The molecule has 5 nitrogen and oxygen atoms in total. The molecule has 2 N–H and O–H groups in total. The summed E-state index contributed by atoms with van der Waals surface area (Å²) in [6.07, 6.45) is 3.57. The summed E-state index contributed by atoms with van der Waals surface area (Å²) < 4.78 is 1.42. The van der Waals surface area contributed by atoms with Crippen LogP contribution < -0.4 is 16.2 Å². The van der Waals surface area contributed by atoms with E-state index in [0.29, 0.717) is 18.8 Å². The summed E-state index contributed by atoms with van der Waals surface area (Å²) in [4.78, 5) is 11.9. The summed E-state index contributed by atoms with van der Waals surface area (Å²) in [6.45, 7) is 7.20. The van der Waals surface area contributed by atoms with Gasteiger partial charge in [0.25, 0.3) is 5.56 Å². The molecule has 0 saturated carbocycles. The predicted octanol–water partition coefficient (Wildman–Crippen LogP) is 1.72. The molecule has 0 unspecified atom stereocenters. The quantitative estimate of drug-likeness (QED) is 0.708. The Morgan fingerprint density at radius 3 is 2.83 bits per heavy atom. The van der Waals surface area contributed by atoms with Gasteiger partial charge in [-0.15, -0.1) is 0 Å². The van der Waals surface area contributed by atoms with Crippen LogP contribution in [0.3, 0.4) is 0 Å². The van der Waals surface area contributed by atoms with Crippen LogP contribution in [-0.4, -0.2) is 29.4 Å². The van der Waals surface area contributed by atoms with Gasteiger partial charge in [0.2, 0.25) is 0 Å². The monoisotopic (exact) mass is 272 g/mol. The van der Waals surface area contributed by atoms with E-state index in [1.54, 1.807) is 6.20 Å². The second kappa shape index (κ2) is 8.11. The van der Waals surface area contributed by atoms with Crippen LogP contribution in [0.1, 0.15) is 26.7 Å². The molecule has 1 rings (SSSR count). The van der Waals surface area contributed by atoms with Gasteiger partial charge in [-0.1, -0.05) is 31.9 Å². The average molecular weight is 273 g/mol. The van der Waals surface area contributed by atoms with Crippen molar-refractivity contribution in [2.45, 2.75) is 33.2 Å². The highest BCUT2D eigenvalue weighted by Gasteiger charge is 2.08. The smallest absolute Gasteiger partial charge is 0.287 e. The molecule has 1 aromatic heterocycles. The van der Waals surface area contributed by atoms with E-state index in [-0.39, 0.29) is 10.6 Å². The molecule has 0 aliphatic rings. The summed E-state index contributed by atoms with van der Waals surface area (Å²) in [6, 6.07) is 0. The van der Waals surface area contributed by atoms with Crippen molar-refractivity contribution in [2.24, 2.45) is 0 Å². The summed E-state index contributed by atoms with van der Waals surface area (Å²) in [7, 11) is 0. The third-order valence-electron chi connectivity index (χ3n) is 2.58. The lowest BCUT2D eigenvalue weighted by Gasteiger charge is -2.10. The molecule has 0 aliphatic heterocycles. The van der Waals surface area contributed by atoms with Gasteiger partial charge in [0.1, 0.15) is 5.02 Å². The molecule has 0 bridgehead atoms. The Labute approximate surface area is 113 Å². The van der Waals surface area contributed by atoms with Crippen LogP contribution in [0.25, 0.3) is 0 Å². The highest BCUT2D eigenvalue weighted by atomic mass is 35.5. The lowest BCUT2D eigenvalue weighted by molar-refractivity contribution is 0.543. The molecular formula is C12H21ClN4O. The van der Waals surface area contributed by atoms with Crippen LogP contribution in [0.4, 0.5) is 5.69 Å². The summed E-state index contributed by atoms with van der Waals surface area (Å²) in [5, 5.41) is 10.6. The van der Waals surface area contributed by atoms with Gasteiger partial charge in [0.15, 0.2) is 0 Å². The SMILES string of the molecule is CCCCn1ncc(NCCNCC)c(Cl)c1=O. The first-order valence-corrected chi connectivity index (χ1v) is 6.78. The Morgan fingerprint density at radius 1 is 1.39 bits per heavy atom. The molecule has 0 fully saturated rings. The van der Waals surface area contributed by atoms with Crippen LogP contribution in [0.15, 0.2) is 11.0 Å². The van der Waals surface area contributed by atoms with Gasteiger partial charge in [0.05, 0.1) is 11.9 Å². The molecule has 1 aromatic rings. The largest absolute Gasteiger partial charge is 0.381 e. The average Bonchev–Trinajstić information content (AvgIpc) is 2.38. The molecular weight excluding hydrogens is 252 g/mol. The molecule has 0 radical (unpaired) electrons. The maximum Gasteiger partial charge on any atom is 0.287 e. The molecule has 6 heteroatoms. The number of nitrogens with one attached hydrogen (secondary N) is 2. The van der Waals surface area contributed by atoms with Gasteiger partial charge in [-0.2, -0.15) is 5.10 Å². The zero-order valence-corrected chi connectivity index (χ0v) is 11.8. The number of unbranched alkanes of at least 4 members (excludes halogenated alkanes) is 1. The normalized spacial score (nSPS) is 10.6. The Morgan fingerprint density at radius 2 is 2.17 bits per heavy atom. The number of rotatable bonds is 8. The lowest BCUT2D eigenvalue weighted by atomic mass is 10.3. The van der Waals surface area contributed by atoms with Crippen molar-refractivity contribution in [3.05, 3.63) is 21.6 Å². The second-order valence-electron chi connectivity index (χ2n) is 4.03. The Hall–Kier alpha value is -1.07. The van der Waals surface area contributed by atoms with E-state index in [2.05, 4.69) is 22.7 Å². The van der Waals surface area contributed by atoms with Crippen LogP contribution >= 0.6 is 11.6 Å². The fraction of sp³-hybridized carbons (Fsp3) is 0.667. The Balaban J connectivity index is 2.65. The maximum absolute atomic E-state index is 11.9. The van der Waals surface area contributed by atoms with Crippen molar-refractivity contribution in [1.82, 2.24) is 15.1 Å². The number of nitrogens with zero attached hydrogens (tertiary/aromatic N) is 2. The molecule has 0 aliphatic carbocycles. The molecule has 0 amide bonds. The predicted molar refractivity (Wildman–Crippen MR) is 75.4 cm³/mol. The molecule has 0 saturated heterocycles. The Bertz CT molecular complexity index is 419. The minimum Gasteiger partial charge on any atom is -0.381 e. The van der Waals surface area contributed by atoms with E-state index in [0.717, 1.165) is 25.9 Å². The number of anilines is 1. The minimum absolute atomic E-state index is 0.220. The fourth-order valence-electron chi connectivity index (χ4n) is 1.52. The minimum atomic E-state index is -0.224. The number of hydrogen-bond acceptors (Lipinski definition) is 4. The van der Waals surface area contributed by atoms with Gasteiger partial charge < -0.3 is 10.6 Å². The topological polar surface area (TPSA) is 59.0 Å². The van der Waals surface area contributed by atoms with Gasteiger partial charge in [-0.3, -0.25) is 4.79 Å². The van der Waals surface area contributed by atoms with E-state index in [1.807, 2.05) is 6.92 Å². The lowest BCUT2D eigenvalue weighted by Crippen LogP contribution is -2.26. The molecule has 102 valence electrons. The standard InChI is InChI=1S/C12H21ClN4O/c1-3-5-8-17-12(18)11(13)10(9-16-17)15-7-6-14-4-2/h9,14-15H,3-8H2,1-2H3. The van der Waals surface area contributed by atoms with Crippen molar-refractivity contribution in [1.29, 1.82) is 0 Å². The highest BCUT2D eigenvalue weighted by molar-refractivity contribution is 6.32. The second-order valence-corrected chi connectivity index (χ2v) is 4.41. The Kier molecular flexibility index (Phi) is 6.75. The highest BCUT2D eigenvalue weighted by Crippen LogP contribution is 2.14. The summed E-state index contributed by atoms with van der Waals surface area (Å²) >= 11 is 6.03. The van der Waals surface area contributed by atoms with E-state index in [1.165, 1.54) is 4.68 Å². The number of hydrogen-bond donors (Lipinski definition) is 2. The number of aromatic nitrogens is 2. The van der Waals surface area contributed by atoms with Crippen LogP contribution in [0.2, 0.25) is 5.02 Å². The number of aryl methyl sites for hydroxylation is 1. The molecule has 0 spiro atoms. The van der Waals surface area contributed by atoms with Crippen molar-refractivity contribution < 1.29 is 0 Å². The first-order valence-electron chi connectivity index (χ1n) is 6.40. The van der Waals surface area contributed by atoms with Crippen molar-refractivity contribution in [2.75, 3.05) is 25.0 Å². The summed E-state index contributed by atoms with van der Waals surface area (Å²) in [5.74, 6) is 0. The maximum atomic E-state index is 11.9. The molecule has 1 heterocycles. The molecule has 18 heavy (non-hydrogen) atoms. The van der Waals surface area contributed by atoms with Gasteiger partial charge in [0, 0.05) is 19.6 Å². The first kappa shape index (κ1) is 15.0. The fourth-order valence-corrected chi connectivity index (χ4v) is 1.73. The van der Waals surface area contributed by atoms with Crippen molar-refractivity contribution in [3.8, 4) is 0 Å². The van der Waals surface area contributed by atoms with E-state index in [9.17, 15) is 4.79 Å². The van der Waals surface area contributed by atoms with Crippen molar-refractivity contribution in [3.63, 3.8) is 0 Å². The molecule has 0 aromatic carbocycles. The molecule has 0 atom stereocenters. The zero-order chi connectivity index (χ0) is 13.4. The van der Waals surface area contributed by atoms with Gasteiger partial charge in [-0.25, -0.2) is 4.68 Å². The van der Waals surface area contributed by atoms with Crippen molar-refractivity contribution >= 4 is 17.3 Å².